The van der Waals surface area contributed by atoms with Gasteiger partial charge < -0.3 is 20.7 Å². The molecule has 0 saturated carbocycles. The fourth-order valence-corrected chi connectivity index (χ4v) is 4.79. The number of nitrogens with zero attached hydrogens (tertiary/aromatic N) is 1. The molecule has 1 aromatic rings. The quantitative estimate of drug-likeness (QED) is 0.489. The van der Waals surface area contributed by atoms with Gasteiger partial charge in [0, 0.05) is 24.2 Å². The summed E-state index contributed by atoms with van der Waals surface area (Å²) < 4.78 is 32.4. The summed E-state index contributed by atoms with van der Waals surface area (Å²) in [5.74, 6) is -1.70. The molecule has 1 saturated heterocycles. The molecule has 3 amide bonds. The van der Waals surface area contributed by atoms with Crippen LogP contribution in [0.5, 0.6) is 0 Å². The van der Waals surface area contributed by atoms with Crippen LogP contribution in [0.3, 0.4) is 0 Å². The van der Waals surface area contributed by atoms with Crippen LogP contribution in [0.15, 0.2) is 29.2 Å². The van der Waals surface area contributed by atoms with Gasteiger partial charge in [-0.05, 0) is 51.8 Å². The molecule has 0 aliphatic carbocycles. The second kappa shape index (κ2) is 11.3. The van der Waals surface area contributed by atoms with E-state index in [2.05, 4.69) is 16.0 Å². The second-order valence-corrected chi connectivity index (χ2v) is 11.6. The number of carbonyl (C=O) groups is 3. The highest BCUT2D eigenvalue weighted by Crippen LogP contribution is 2.19. The van der Waals surface area contributed by atoms with E-state index < -0.39 is 39.5 Å². The number of sulfonamides is 1. The van der Waals surface area contributed by atoms with Crippen molar-refractivity contribution in [1.29, 1.82) is 0 Å². The van der Waals surface area contributed by atoms with E-state index in [-0.39, 0.29) is 35.4 Å². The van der Waals surface area contributed by atoms with Gasteiger partial charge in [0.05, 0.1) is 18.1 Å². The minimum Gasteiger partial charge on any atom is -0.379 e. The largest absolute Gasteiger partial charge is 0.379 e. The van der Waals surface area contributed by atoms with Crippen molar-refractivity contribution in [1.82, 2.24) is 20.3 Å². The van der Waals surface area contributed by atoms with Crippen molar-refractivity contribution < 1.29 is 27.5 Å². The Labute approximate surface area is 201 Å². The Kier molecular flexibility index (Phi) is 9.21. The molecular weight excluding hydrogens is 460 g/mol. The molecule has 11 heteroatoms. The minimum absolute atomic E-state index is 0.0000667. The van der Waals surface area contributed by atoms with Gasteiger partial charge in [-0.1, -0.05) is 19.9 Å². The van der Waals surface area contributed by atoms with Gasteiger partial charge in [0.25, 0.3) is 5.91 Å². The van der Waals surface area contributed by atoms with Crippen molar-refractivity contribution in [2.24, 2.45) is 5.92 Å². The average molecular weight is 497 g/mol. The summed E-state index contributed by atoms with van der Waals surface area (Å²) in [5, 5.41) is 8.11. The van der Waals surface area contributed by atoms with Crippen LogP contribution in [-0.2, 0) is 24.3 Å². The Hall–Kier alpha value is -2.50. The molecule has 2 atom stereocenters. The molecule has 190 valence electrons. The maximum atomic E-state index is 12.9. The molecule has 34 heavy (non-hydrogen) atoms. The van der Waals surface area contributed by atoms with Crippen LogP contribution in [0.1, 0.15) is 51.9 Å². The molecule has 0 bridgehead atoms. The number of ether oxygens (including phenoxy) is 1. The number of hydrogen-bond donors (Lipinski definition) is 3. The standard InChI is InChI=1S/C23H36N4O6S/c1-15(2)19(22(30)24-16(3)20(28)26-23(4,5)6)25-21(29)17-8-7-9-18(14-17)34(31,32)27-10-12-33-13-11-27/h7-9,14-16,19H,10-13H2,1-6H3,(H,24,30)(H,25,29)(H,26,28). The number of nitrogens with one attached hydrogen (secondary N) is 3. The molecule has 1 aromatic carbocycles. The third-order valence-corrected chi connectivity index (χ3v) is 7.08. The maximum Gasteiger partial charge on any atom is 0.251 e. The second-order valence-electron chi connectivity index (χ2n) is 9.71. The normalized spacial score (nSPS) is 17.0. The van der Waals surface area contributed by atoms with Crippen LogP contribution in [-0.4, -0.2) is 74.4 Å². The number of carbonyl (C=O) groups excluding carboxylic acids is 3. The molecule has 10 nitrogen and oxygen atoms in total. The fourth-order valence-electron chi connectivity index (χ4n) is 3.34. The summed E-state index contributed by atoms with van der Waals surface area (Å²) >= 11 is 0. The maximum absolute atomic E-state index is 12.9. The van der Waals surface area contributed by atoms with Gasteiger partial charge in [-0.3, -0.25) is 14.4 Å². The lowest BCUT2D eigenvalue weighted by Gasteiger charge is -2.27. The van der Waals surface area contributed by atoms with Crippen molar-refractivity contribution in [3.05, 3.63) is 29.8 Å². The molecule has 0 spiro atoms. The average Bonchev–Trinajstić information content (AvgIpc) is 2.76. The van der Waals surface area contributed by atoms with Gasteiger partial charge in [-0.25, -0.2) is 8.42 Å². The van der Waals surface area contributed by atoms with Crippen molar-refractivity contribution in [2.75, 3.05) is 26.3 Å². The zero-order chi connectivity index (χ0) is 25.7. The van der Waals surface area contributed by atoms with Crippen molar-refractivity contribution >= 4 is 27.7 Å². The highest BCUT2D eigenvalue weighted by molar-refractivity contribution is 7.89. The fraction of sp³-hybridized carbons (Fsp3) is 0.609. The van der Waals surface area contributed by atoms with Crippen LogP contribution >= 0.6 is 0 Å². The summed E-state index contributed by atoms with van der Waals surface area (Å²) in [4.78, 5) is 38.1. The lowest BCUT2D eigenvalue weighted by molar-refractivity contribution is -0.130. The predicted molar refractivity (Wildman–Crippen MR) is 128 cm³/mol. The Bertz CT molecular complexity index is 997. The zero-order valence-electron chi connectivity index (χ0n) is 20.7. The summed E-state index contributed by atoms with van der Waals surface area (Å²) in [6, 6.07) is 4.00. The van der Waals surface area contributed by atoms with E-state index in [4.69, 9.17) is 4.74 Å². The number of benzene rings is 1. The first-order valence-electron chi connectivity index (χ1n) is 11.3. The predicted octanol–water partition coefficient (Wildman–Crippen LogP) is 0.881. The van der Waals surface area contributed by atoms with Gasteiger partial charge in [-0.15, -0.1) is 0 Å². The number of morpholine rings is 1. The smallest absolute Gasteiger partial charge is 0.251 e. The van der Waals surface area contributed by atoms with Gasteiger partial charge in [-0.2, -0.15) is 4.31 Å². The van der Waals surface area contributed by atoms with Crippen molar-refractivity contribution in [3.63, 3.8) is 0 Å². The molecule has 1 heterocycles. The van der Waals surface area contributed by atoms with E-state index in [0.29, 0.717) is 13.2 Å². The highest BCUT2D eigenvalue weighted by Gasteiger charge is 2.30. The van der Waals surface area contributed by atoms with Crippen LogP contribution < -0.4 is 16.0 Å². The van der Waals surface area contributed by atoms with Crippen molar-refractivity contribution in [3.8, 4) is 0 Å². The van der Waals surface area contributed by atoms with Gasteiger partial charge in [0.1, 0.15) is 12.1 Å². The molecule has 1 aliphatic heterocycles. The number of amides is 3. The summed E-state index contributed by atoms with van der Waals surface area (Å²) in [5.41, 5.74) is -0.333. The van der Waals surface area contributed by atoms with E-state index in [0.717, 1.165) is 0 Å². The highest BCUT2D eigenvalue weighted by atomic mass is 32.2. The molecule has 3 N–H and O–H groups in total. The first-order valence-corrected chi connectivity index (χ1v) is 12.8. The SMILES string of the molecule is CC(NC(=O)C(NC(=O)c1cccc(S(=O)(=O)N2CCOCC2)c1)C(C)C)C(=O)NC(C)(C)C. The van der Waals surface area contributed by atoms with E-state index in [1.165, 1.54) is 28.6 Å². The molecule has 1 fully saturated rings. The zero-order valence-corrected chi connectivity index (χ0v) is 21.5. The Balaban J connectivity index is 2.13. The Morgan fingerprint density at radius 2 is 1.62 bits per heavy atom. The van der Waals surface area contributed by atoms with Crippen LogP contribution in [0.4, 0.5) is 0 Å². The van der Waals surface area contributed by atoms with Crippen LogP contribution in [0, 0.1) is 5.92 Å². The molecule has 1 aliphatic rings. The topological polar surface area (TPSA) is 134 Å². The molecule has 2 rings (SSSR count). The lowest BCUT2D eigenvalue weighted by Crippen LogP contribution is -2.56. The monoisotopic (exact) mass is 496 g/mol. The number of hydrogen-bond acceptors (Lipinski definition) is 6. The Morgan fingerprint density at radius 1 is 1.00 bits per heavy atom. The third kappa shape index (κ3) is 7.51. The number of rotatable bonds is 8. The van der Waals surface area contributed by atoms with Gasteiger partial charge in [0.2, 0.25) is 21.8 Å². The van der Waals surface area contributed by atoms with E-state index >= 15 is 0 Å². The van der Waals surface area contributed by atoms with Crippen LogP contribution in [0.25, 0.3) is 0 Å². The summed E-state index contributed by atoms with van der Waals surface area (Å²) in [6.45, 7) is 11.7. The minimum atomic E-state index is -3.77. The summed E-state index contributed by atoms with van der Waals surface area (Å²) in [6.07, 6.45) is 0. The molecule has 2 unspecified atom stereocenters. The molecule has 0 radical (unpaired) electrons. The van der Waals surface area contributed by atoms with Gasteiger partial charge in [0.15, 0.2) is 0 Å². The Morgan fingerprint density at radius 3 is 2.18 bits per heavy atom. The summed E-state index contributed by atoms with van der Waals surface area (Å²) in [7, 11) is -3.77. The van der Waals surface area contributed by atoms with E-state index in [1.54, 1.807) is 20.8 Å². The first kappa shape index (κ1) is 27.7. The lowest BCUT2D eigenvalue weighted by atomic mass is 10.0. The van der Waals surface area contributed by atoms with Crippen molar-refractivity contribution in [2.45, 2.75) is 64.1 Å². The molecular formula is C23H36N4O6S. The molecule has 0 aromatic heterocycles. The van der Waals surface area contributed by atoms with E-state index in [1.807, 2.05) is 20.8 Å². The first-order chi connectivity index (χ1) is 15.7. The van der Waals surface area contributed by atoms with Gasteiger partial charge >= 0.3 is 0 Å². The van der Waals surface area contributed by atoms with Crippen LogP contribution in [0.2, 0.25) is 0 Å². The third-order valence-electron chi connectivity index (χ3n) is 5.19. The van der Waals surface area contributed by atoms with E-state index in [9.17, 15) is 22.8 Å².